The normalized spacial score (nSPS) is 20.3. The van der Waals surface area contributed by atoms with Gasteiger partial charge in [-0.05, 0) is 21.1 Å². The summed E-state index contributed by atoms with van der Waals surface area (Å²) in [5.74, 6) is 0. The van der Waals surface area contributed by atoms with Gasteiger partial charge in [0.1, 0.15) is 49.2 Å². The summed E-state index contributed by atoms with van der Waals surface area (Å²) >= 11 is 0. The van der Waals surface area contributed by atoms with E-state index in [4.69, 9.17) is 25.5 Å². The van der Waals surface area contributed by atoms with Crippen LogP contribution in [0, 0.1) is 0 Å². The number of aldehydes is 2. The lowest BCUT2D eigenvalue weighted by atomic mass is 10.0. The molecule has 0 heterocycles. The van der Waals surface area contributed by atoms with Gasteiger partial charge in [0.25, 0.3) is 0 Å². The highest BCUT2D eigenvalue weighted by Gasteiger charge is 2.32. The fraction of sp³-hybridized carbons (Fsp3) is 0.867. The van der Waals surface area contributed by atoms with Gasteiger partial charge in [0.05, 0.1) is 25.3 Å². The molecular weight excluding hydrogens is 368 g/mol. The Bertz CT molecular complexity index is 401. The van der Waals surface area contributed by atoms with Gasteiger partial charge < -0.3 is 55.8 Å². The van der Waals surface area contributed by atoms with Crippen molar-refractivity contribution in [1.29, 1.82) is 0 Å². The SMILES string of the molecule is CN(C)[C@@H](C=O)[C@@H](O)[C@H](O)[C@H](O)CO.CN[C@@H](C=O)[C@@H](O)[C@H](O)[C@H](O)CO. The lowest BCUT2D eigenvalue weighted by Crippen LogP contribution is -2.51. The van der Waals surface area contributed by atoms with Crippen molar-refractivity contribution >= 4 is 12.6 Å². The van der Waals surface area contributed by atoms with Crippen LogP contribution in [-0.2, 0) is 9.59 Å². The minimum atomic E-state index is -1.55. The molecule has 0 amide bonds. The van der Waals surface area contributed by atoms with Crippen LogP contribution < -0.4 is 5.32 Å². The summed E-state index contributed by atoms with van der Waals surface area (Å²) < 4.78 is 0. The summed E-state index contributed by atoms with van der Waals surface area (Å²) in [7, 11) is 4.54. The molecule has 9 N–H and O–H groups in total. The first-order chi connectivity index (χ1) is 12.5. The average Bonchev–Trinajstić information content (AvgIpc) is 2.66. The Hall–Kier alpha value is -1.06. The lowest BCUT2D eigenvalue weighted by Gasteiger charge is -2.29. The highest BCUT2D eigenvalue weighted by molar-refractivity contribution is 5.59. The Morgan fingerprint density at radius 3 is 1.44 bits per heavy atom. The van der Waals surface area contributed by atoms with Crippen LogP contribution in [0.3, 0.4) is 0 Å². The molecule has 0 aliphatic heterocycles. The molecule has 12 nitrogen and oxygen atoms in total. The Morgan fingerprint density at radius 1 is 0.778 bits per heavy atom. The molecule has 0 saturated heterocycles. The smallest absolute Gasteiger partial charge is 0.139 e. The molecule has 0 aromatic carbocycles. The number of carbonyl (C=O) groups excluding carboxylic acids is 2. The van der Waals surface area contributed by atoms with E-state index in [1.165, 1.54) is 11.9 Å². The molecule has 0 aliphatic rings. The van der Waals surface area contributed by atoms with Crippen molar-refractivity contribution in [3.8, 4) is 0 Å². The van der Waals surface area contributed by atoms with Gasteiger partial charge in [0, 0.05) is 0 Å². The first-order valence-electron chi connectivity index (χ1n) is 8.08. The maximum atomic E-state index is 10.5. The van der Waals surface area contributed by atoms with Gasteiger partial charge in [-0.2, -0.15) is 0 Å². The standard InChI is InChI=1S/C8H17NO5.C7H15NO5/c1-9(2)5(3-10)7(13)8(14)6(12)4-11;1-8-4(2-9)6(12)7(13)5(11)3-10/h3,5-8,11-14H,4H2,1-2H3;2,4-8,10-13H,3H2,1H3/t5-,6+,7+,8+;4-,5+,6+,7+/m00/s1. The van der Waals surface area contributed by atoms with E-state index in [1.54, 1.807) is 14.1 Å². The second-order valence-electron chi connectivity index (χ2n) is 6.00. The molecule has 0 bridgehead atoms. The Labute approximate surface area is 157 Å². The summed E-state index contributed by atoms with van der Waals surface area (Å²) in [5.41, 5.74) is 0. The zero-order valence-corrected chi connectivity index (χ0v) is 15.5. The number of carbonyl (C=O) groups is 2. The molecule has 162 valence electrons. The van der Waals surface area contributed by atoms with E-state index < -0.39 is 61.9 Å². The lowest BCUT2D eigenvalue weighted by molar-refractivity contribution is -0.126. The highest BCUT2D eigenvalue weighted by Crippen LogP contribution is 2.07. The van der Waals surface area contributed by atoms with Gasteiger partial charge >= 0.3 is 0 Å². The molecule has 0 saturated carbocycles. The number of nitrogens with zero attached hydrogens (tertiary/aromatic N) is 1. The molecule has 0 aromatic rings. The van der Waals surface area contributed by atoms with Crippen molar-refractivity contribution in [1.82, 2.24) is 10.2 Å². The molecule has 0 fully saturated rings. The molecule has 27 heavy (non-hydrogen) atoms. The molecule has 0 aliphatic carbocycles. The minimum absolute atomic E-state index is 0.415. The van der Waals surface area contributed by atoms with E-state index >= 15 is 0 Å². The molecule has 0 spiro atoms. The number of rotatable bonds is 12. The third-order valence-electron chi connectivity index (χ3n) is 3.80. The number of hydrogen-bond acceptors (Lipinski definition) is 12. The van der Waals surface area contributed by atoms with Crippen molar-refractivity contribution in [3.05, 3.63) is 0 Å². The van der Waals surface area contributed by atoms with Crippen LogP contribution in [0.5, 0.6) is 0 Å². The maximum Gasteiger partial charge on any atom is 0.139 e. The Morgan fingerprint density at radius 2 is 1.19 bits per heavy atom. The van der Waals surface area contributed by atoms with Crippen LogP contribution in [0.4, 0.5) is 0 Å². The Balaban J connectivity index is 0. The summed E-state index contributed by atoms with van der Waals surface area (Å²) in [6.45, 7) is -1.34. The average molecular weight is 400 g/mol. The van der Waals surface area contributed by atoms with Crippen LogP contribution in [0.2, 0.25) is 0 Å². The molecule has 8 atom stereocenters. The zero-order valence-electron chi connectivity index (χ0n) is 15.5. The number of nitrogens with one attached hydrogen (secondary N) is 1. The second-order valence-corrected chi connectivity index (χ2v) is 6.00. The largest absolute Gasteiger partial charge is 0.394 e. The minimum Gasteiger partial charge on any atom is -0.394 e. The van der Waals surface area contributed by atoms with Gasteiger partial charge in [-0.1, -0.05) is 0 Å². The van der Waals surface area contributed by atoms with E-state index in [2.05, 4.69) is 5.32 Å². The van der Waals surface area contributed by atoms with Gasteiger partial charge in [0.2, 0.25) is 0 Å². The van der Waals surface area contributed by atoms with E-state index in [1.807, 2.05) is 0 Å². The fourth-order valence-electron chi connectivity index (χ4n) is 1.91. The van der Waals surface area contributed by atoms with Crippen LogP contribution in [0.1, 0.15) is 0 Å². The molecule has 0 rings (SSSR count). The van der Waals surface area contributed by atoms with Gasteiger partial charge in [-0.15, -0.1) is 0 Å². The molecule has 0 radical (unpaired) electrons. The first-order valence-corrected chi connectivity index (χ1v) is 8.08. The molecule has 12 heteroatoms. The van der Waals surface area contributed by atoms with Gasteiger partial charge in [0.15, 0.2) is 0 Å². The van der Waals surface area contributed by atoms with Crippen LogP contribution >= 0.6 is 0 Å². The van der Waals surface area contributed by atoms with Gasteiger partial charge in [-0.25, -0.2) is 0 Å². The molecule has 0 unspecified atom stereocenters. The van der Waals surface area contributed by atoms with Crippen molar-refractivity contribution in [3.63, 3.8) is 0 Å². The zero-order chi connectivity index (χ0) is 21.7. The van der Waals surface area contributed by atoms with Crippen molar-refractivity contribution in [2.24, 2.45) is 0 Å². The molecular formula is C15H32N2O10. The quantitative estimate of drug-likeness (QED) is 0.140. The van der Waals surface area contributed by atoms with E-state index in [0.717, 1.165) is 0 Å². The summed E-state index contributed by atoms with van der Waals surface area (Å²) in [6, 6.07) is -1.87. The summed E-state index contributed by atoms with van der Waals surface area (Å²) in [4.78, 5) is 22.3. The summed E-state index contributed by atoms with van der Waals surface area (Å²) in [5, 5.41) is 74.5. The van der Waals surface area contributed by atoms with E-state index in [9.17, 15) is 24.9 Å². The monoisotopic (exact) mass is 400 g/mol. The fourth-order valence-corrected chi connectivity index (χ4v) is 1.91. The first kappa shape index (κ1) is 28.2. The summed E-state index contributed by atoms with van der Waals surface area (Å²) in [6.07, 6.45) is -7.98. The van der Waals surface area contributed by atoms with Crippen LogP contribution in [0.15, 0.2) is 0 Å². The third kappa shape index (κ3) is 9.62. The topological polar surface area (TPSA) is 211 Å². The second kappa shape index (κ2) is 14.9. The predicted molar refractivity (Wildman–Crippen MR) is 92.7 cm³/mol. The number of aliphatic hydroxyl groups excluding tert-OH is 8. The van der Waals surface area contributed by atoms with Crippen LogP contribution in [-0.4, -0.2) is 141 Å². The van der Waals surface area contributed by atoms with E-state index in [-0.39, 0.29) is 0 Å². The molecule has 0 aromatic heterocycles. The van der Waals surface area contributed by atoms with E-state index in [0.29, 0.717) is 12.6 Å². The number of likely N-dealkylation sites (N-methyl/N-ethyl adjacent to an activating group) is 2. The van der Waals surface area contributed by atoms with Crippen molar-refractivity contribution in [2.45, 2.75) is 48.7 Å². The number of aliphatic hydroxyl groups is 8. The third-order valence-corrected chi connectivity index (χ3v) is 3.80. The van der Waals surface area contributed by atoms with Crippen LogP contribution in [0.25, 0.3) is 0 Å². The van der Waals surface area contributed by atoms with Crippen molar-refractivity contribution in [2.75, 3.05) is 34.4 Å². The van der Waals surface area contributed by atoms with Gasteiger partial charge in [-0.3, -0.25) is 4.90 Å². The van der Waals surface area contributed by atoms with Crippen molar-refractivity contribution < 1.29 is 50.4 Å². The maximum absolute atomic E-state index is 10.5. The predicted octanol–water partition coefficient (Wildman–Crippen LogP) is -5.96. The Kier molecular flexibility index (Phi) is 15.6. The highest BCUT2D eigenvalue weighted by atomic mass is 16.4. The number of hydrogen-bond donors (Lipinski definition) is 9.